The minimum atomic E-state index is -0.367. The van der Waals surface area contributed by atoms with E-state index in [0.717, 1.165) is 5.39 Å². The monoisotopic (exact) mass is 333 g/mol. The van der Waals surface area contributed by atoms with Crippen LogP contribution in [0.25, 0.3) is 10.8 Å². The summed E-state index contributed by atoms with van der Waals surface area (Å²) in [6.45, 7) is 0.295. The molecule has 0 unspecified atom stereocenters. The number of fused-ring (bicyclic) bond motifs is 2. The summed E-state index contributed by atoms with van der Waals surface area (Å²) in [6, 6.07) is 15.9. The van der Waals surface area contributed by atoms with Crippen molar-refractivity contribution >= 4 is 22.6 Å². The molecule has 3 aromatic rings. The van der Waals surface area contributed by atoms with Gasteiger partial charge in [0.15, 0.2) is 0 Å². The van der Waals surface area contributed by atoms with E-state index in [0.29, 0.717) is 41.7 Å². The van der Waals surface area contributed by atoms with Gasteiger partial charge in [0.25, 0.3) is 11.8 Å². The smallest absolute Gasteiger partial charge is 0.343 e. The van der Waals surface area contributed by atoms with Crippen LogP contribution in [-0.2, 0) is 6.42 Å². The fourth-order valence-corrected chi connectivity index (χ4v) is 3.16. The lowest BCUT2D eigenvalue weighted by molar-refractivity contribution is 0.0652. The SMILES string of the molecule is O=C1c2ccccc2C(=O)N1CCCc1cc2ccccc2c(=O)o1. The second-order valence-electron chi connectivity index (χ2n) is 6.00. The molecular weight excluding hydrogens is 318 g/mol. The predicted octanol–water partition coefficient (Wildman–Crippen LogP) is 3.02. The number of carbonyl (C=O) groups is 2. The average molecular weight is 333 g/mol. The van der Waals surface area contributed by atoms with Crippen LogP contribution in [0, 0.1) is 0 Å². The first-order valence-corrected chi connectivity index (χ1v) is 8.12. The molecule has 0 aliphatic carbocycles. The van der Waals surface area contributed by atoms with Gasteiger partial charge in [-0.3, -0.25) is 14.5 Å². The molecule has 5 heteroatoms. The molecule has 0 atom stereocenters. The summed E-state index contributed by atoms with van der Waals surface area (Å²) in [5.41, 5.74) is 0.531. The lowest BCUT2D eigenvalue weighted by Gasteiger charge is -2.13. The molecule has 2 amide bonds. The first kappa shape index (κ1) is 15.3. The van der Waals surface area contributed by atoms with Gasteiger partial charge in [-0.25, -0.2) is 4.79 Å². The summed E-state index contributed by atoms with van der Waals surface area (Å²) in [5, 5.41) is 1.38. The van der Waals surface area contributed by atoms with Crippen LogP contribution in [0.2, 0.25) is 0 Å². The van der Waals surface area contributed by atoms with Crippen LogP contribution in [0.3, 0.4) is 0 Å². The van der Waals surface area contributed by atoms with Gasteiger partial charge in [-0.15, -0.1) is 0 Å². The highest BCUT2D eigenvalue weighted by atomic mass is 16.4. The fourth-order valence-electron chi connectivity index (χ4n) is 3.16. The van der Waals surface area contributed by atoms with Crippen LogP contribution < -0.4 is 5.63 Å². The molecule has 25 heavy (non-hydrogen) atoms. The summed E-state index contributed by atoms with van der Waals surface area (Å²) in [7, 11) is 0. The molecule has 0 spiro atoms. The molecule has 0 bridgehead atoms. The number of hydrogen-bond donors (Lipinski definition) is 0. The third-order valence-electron chi connectivity index (χ3n) is 4.40. The zero-order valence-electron chi connectivity index (χ0n) is 13.4. The topological polar surface area (TPSA) is 67.6 Å². The second-order valence-corrected chi connectivity index (χ2v) is 6.00. The third kappa shape index (κ3) is 2.63. The van der Waals surface area contributed by atoms with Gasteiger partial charge >= 0.3 is 5.63 Å². The highest BCUT2D eigenvalue weighted by Crippen LogP contribution is 2.23. The van der Waals surface area contributed by atoms with Crippen molar-refractivity contribution in [1.82, 2.24) is 4.90 Å². The Morgan fingerprint density at radius 3 is 2.20 bits per heavy atom. The molecule has 2 heterocycles. The van der Waals surface area contributed by atoms with Gasteiger partial charge in [0.1, 0.15) is 5.76 Å². The molecule has 0 radical (unpaired) electrons. The fraction of sp³-hybridized carbons (Fsp3) is 0.150. The Kier molecular flexibility index (Phi) is 3.69. The summed E-state index contributed by atoms with van der Waals surface area (Å²) < 4.78 is 5.33. The maximum atomic E-state index is 12.3. The number of aryl methyl sites for hydroxylation is 1. The standard InChI is InChI=1S/C20H15NO4/c22-18-16-9-3-4-10-17(16)19(23)21(18)11-5-7-14-12-13-6-1-2-8-15(13)20(24)25-14/h1-4,6,8-10,12H,5,7,11H2. The average Bonchev–Trinajstić information content (AvgIpc) is 2.87. The normalized spacial score (nSPS) is 13.5. The number of benzene rings is 2. The van der Waals surface area contributed by atoms with E-state index >= 15 is 0 Å². The van der Waals surface area contributed by atoms with Gasteiger partial charge in [0, 0.05) is 13.0 Å². The Hall–Kier alpha value is -3.21. The first-order valence-electron chi connectivity index (χ1n) is 8.12. The van der Waals surface area contributed by atoms with Crippen LogP contribution >= 0.6 is 0 Å². The van der Waals surface area contributed by atoms with Crippen molar-refractivity contribution in [3.05, 3.63) is 81.9 Å². The largest absolute Gasteiger partial charge is 0.427 e. The lowest BCUT2D eigenvalue weighted by atomic mass is 10.1. The van der Waals surface area contributed by atoms with Gasteiger partial charge in [-0.05, 0) is 36.1 Å². The molecule has 0 saturated carbocycles. The molecule has 0 saturated heterocycles. The molecule has 0 N–H and O–H groups in total. The summed E-state index contributed by atoms with van der Waals surface area (Å²) in [4.78, 5) is 37.9. The van der Waals surface area contributed by atoms with Crippen molar-refractivity contribution in [2.45, 2.75) is 12.8 Å². The van der Waals surface area contributed by atoms with Gasteiger partial charge in [-0.2, -0.15) is 0 Å². The lowest BCUT2D eigenvalue weighted by Crippen LogP contribution is -2.31. The van der Waals surface area contributed by atoms with E-state index in [1.807, 2.05) is 18.2 Å². The maximum absolute atomic E-state index is 12.3. The van der Waals surface area contributed by atoms with E-state index in [1.54, 1.807) is 36.4 Å². The van der Waals surface area contributed by atoms with E-state index < -0.39 is 0 Å². The maximum Gasteiger partial charge on any atom is 0.343 e. The van der Waals surface area contributed by atoms with Crippen LogP contribution in [0.5, 0.6) is 0 Å². The molecule has 4 rings (SSSR count). The number of rotatable bonds is 4. The van der Waals surface area contributed by atoms with Crippen molar-refractivity contribution in [3.8, 4) is 0 Å². The Balaban J connectivity index is 1.48. The summed E-state index contributed by atoms with van der Waals surface area (Å²) in [5.74, 6) is 0.0291. The number of carbonyl (C=O) groups excluding carboxylic acids is 2. The van der Waals surface area contributed by atoms with Gasteiger partial charge < -0.3 is 4.42 Å². The zero-order valence-corrected chi connectivity index (χ0v) is 13.4. The van der Waals surface area contributed by atoms with Crippen LogP contribution in [0.15, 0.2) is 63.8 Å². The van der Waals surface area contributed by atoms with E-state index in [1.165, 1.54) is 4.90 Å². The molecule has 1 aliphatic heterocycles. The Morgan fingerprint density at radius 1 is 0.840 bits per heavy atom. The number of hydrogen-bond acceptors (Lipinski definition) is 4. The minimum Gasteiger partial charge on any atom is -0.427 e. The molecule has 5 nitrogen and oxygen atoms in total. The quantitative estimate of drug-likeness (QED) is 0.688. The van der Waals surface area contributed by atoms with E-state index in [4.69, 9.17) is 4.42 Å². The highest BCUT2D eigenvalue weighted by Gasteiger charge is 2.34. The molecule has 1 aromatic heterocycles. The Labute approximate surface area is 143 Å². The Morgan fingerprint density at radius 2 is 1.48 bits per heavy atom. The van der Waals surface area contributed by atoms with Gasteiger partial charge in [0.2, 0.25) is 0 Å². The van der Waals surface area contributed by atoms with E-state index in [9.17, 15) is 14.4 Å². The molecule has 0 fully saturated rings. The van der Waals surface area contributed by atoms with E-state index in [2.05, 4.69) is 0 Å². The van der Waals surface area contributed by atoms with Gasteiger partial charge in [0.05, 0.1) is 16.5 Å². The number of nitrogens with zero attached hydrogens (tertiary/aromatic N) is 1. The van der Waals surface area contributed by atoms with E-state index in [-0.39, 0.29) is 17.4 Å². The highest BCUT2D eigenvalue weighted by molar-refractivity contribution is 6.21. The van der Waals surface area contributed by atoms with Crippen molar-refractivity contribution < 1.29 is 14.0 Å². The molecule has 124 valence electrons. The minimum absolute atomic E-state index is 0.263. The van der Waals surface area contributed by atoms with Gasteiger partial charge in [-0.1, -0.05) is 30.3 Å². The van der Waals surface area contributed by atoms with Crippen LogP contribution in [0.4, 0.5) is 0 Å². The third-order valence-corrected chi connectivity index (χ3v) is 4.40. The number of amides is 2. The van der Waals surface area contributed by atoms with Crippen LogP contribution in [-0.4, -0.2) is 23.3 Å². The van der Waals surface area contributed by atoms with Crippen molar-refractivity contribution in [1.29, 1.82) is 0 Å². The van der Waals surface area contributed by atoms with Crippen molar-refractivity contribution in [2.75, 3.05) is 6.54 Å². The number of imide groups is 1. The molecule has 2 aromatic carbocycles. The van der Waals surface area contributed by atoms with Crippen molar-refractivity contribution in [2.24, 2.45) is 0 Å². The molecular formula is C20H15NO4. The second kappa shape index (κ2) is 6.02. The first-order chi connectivity index (χ1) is 12.1. The van der Waals surface area contributed by atoms with Crippen LogP contribution in [0.1, 0.15) is 32.9 Å². The van der Waals surface area contributed by atoms with Crippen molar-refractivity contribution in [3.63, 3.8) is 0 Å². The zero-order chi connectivity index (χ0) is 17.4. The summed E-state index contributed by atoms with van der Waals surface area (Å²) >= 11 is 0. The molecule has 1 aliphatic rings. The predicted molar refractivity (Wildman–Crippen MR) is 92.6 cm³/mol. The summed E-state index contributed by atoms with van der Waals surface area (Å²) in [6.07, 6.45) is 1.01. The Bertz CT molecular complexity index is 1020.